The van der Waals surface area contributed by atoms with E-state index in [1.165, 1.54) is 0 Å². The van der Waals surface area contributed by atoms with Gasteiger partial charge in [-0.25, -0.2) is 0 Å². The number of hydrogen-bond donors (Lipinski definition) is 0. The van der Waals surface area contributed by atoms with Crippen LogP contribution >= 0.6 is 0 Å². The predicted octanol–water partition coefficient (Wildman–Crippen LogP) is 1.96. The van der Waals surface area contributed by atoms with E-state index in [0.29, 0.717) is 32.0 Å². The number of hydrogen-bond acceptors (Lipinski definition) is 4. The maximum Gasteiger partial charge on any atom is 0.322 e. The van der Waals surface area contributed by atoms with Gasteiger partial charge < -0.3 is 9.47 Å². The summed E-state index contributed by atoms with van der Waals surface area (Å²) in [7, 11) is 0. The molecule has 0 radical (unpaired) electrons. The molecule has 1 aliphatic rings. The van der Waals surface area contributed by atoms with Crippen LogP contribution in [0.15, 0.2) is 0 Å². The van der Waals surface area contributed by atoms with Gasteiger partial charge in [-0.2, -0.15) is 0 Å². The van der Waals surface area contributed by atoms with Crippen LogP contribution < -0.4 is 0 Å². The molecular formula is C13H22O4. The van der Waals surface area contributed by atoms with Crippen molar-refractivity contribution in [2.24, 2.45) is 11.3 Å². The highest BCUT2D eigenvalue weighted by molar-refractivity contribution is 6.04. The number of esters is 1. The van der Waals surface area contributed by atoms with E-state index in [2.05, 4.69) is 6.92 Å². The highest BCUT2D eigenvalue weighted by Crippen LogP contribution is 2.34. The van der Waals surface area contributed by atoms with E-state index in [9.17, 15) is 9.59 Å². The average molecular weight is 242 g/mol. The first kappa shape index (κ1) is 14.2. The van der Waals surface area contributed by atoms with E-state index < -0.39 is 11.4 Å². The van der Waals surface area contributed by atoms with Crippen LogP contribution in [-0.4, -0.2) is 31.6 Å². The van der Waals surface area contributed by atoms with Crippen LogP contribution in [0.4, 0.5) is 0 Å². The Hall–Kier alpha value is -0.900. The molecular weight excluding hydrogens is 220 g/mol. The van der Waals surface area contributed by atoms with Crippen molar-refractivity contribution < 1.29 is 19.1 Å². The normalized spacial score (nSPS) is 26.6. The molecule has 0 N–H and O–H groups in total. The molecule has 4 heteroatoms. The summed E-state index contributed by atoms with van der Waals surface area (Å²) in [6.45, 7) is 6.74. The summed E-state index contributed by atoms with van der Waals surface area (Å²) in [5.74, 6) is -0.127. The standard InChI is InChI=1S/C13H22O4/c1-4-10(3)8-13(12(15)17-5-2)9-16-7-6-11(13)14/h10H,4-9H2,1-3H3. The zero-order chi connectivity index (χ0) is 12.9. The zero-order valence-corrected chi connectivity index (χ0v) is 11.0. The Labute approximate surface area is 103 Å². The van der Waals surface area contributed by atoms with E-state index in [1.54, 1.807) is 6.92 Å². The summed E-state index contributed by atoms with van der Waals surface area (Å²) in [6.07, 6.45) is 1.78. The van der Waals surface area contributed by atoms with Crippen molar-refractivity contribution in [1.82, 2.24) is 0 Å². The van der Waals surface area contributed by atoms with Crippen LogP contribution in [0.5, 0.6) is 0 Å². The van der Waals surface area contributed by atoms with Crippen molar-refractivity contribution in [3.8, 4) is 0 Å². The molecule has 1 rings (SSSR count). The maximum atomic E-state index is 12.1. The molecule has 1 fully saturated rings. The molecule has 4 nitrogen and oxygen atoms in total. The van der Waals surface area contributed by atoms with Crippen molar-refractivity contribution >= 4 is 11.8 Å². The van der Waals surface area contributed by atoms with Gasteiger partial charge in [-0.1, -0.05) is 20.3 Å². The number of ketones is 1. The highest BCUT2D eigenvalue weighted by atomic mass is 16.5. The quantitative estimate of drug-likeness (QED) is 0.546. The van der Waals surface area contributed by atoms with Crippen LogP contribution in [0.1, 0.15) is 40.0 Å². The van der Waals surface area contributed by atoms with E-state index >= 15 is 0 Å². The van der Waals surface area contributed by atoms with Gasteiger partial charge in [-0.3, -0.25) is 9.59 Å². The minimum Gasteiger partial charge on any atom is -0.465 e. The molecule has 98 valence electrons. The first-order chi connectivity index (χ1) is 8.06. The topological polar surface area (TPSA) is 52.6 Å². The highest BCUT2D eigenvalue weighted by Gasteiger charge is 2.49. The van der Waals surface area contributed by atoms with Gasteiger partial charge >= 0.3 is 5.97 Å². The Kier molecular flexibility index (Phi) is 5.12. The first-order valence-electron chi connectivity index (χ1n) is 6.35. The van der Waals surface area contributed by atoms with Gasteiger partial charge in [-0.15, -0.1) is 0 Å². The largest absolute Gasteiger partial charge is 0.465 e. The number of Topliss-reactive ketones (excluding diaryl/α,β-unsaturated/α-hetero) is 1. The number of carbonyl (C=O) groups excluding carboxylic acids is 2. The molecule has 2 unspecified atom stereocenters. The smallest absolute Gasteiger partial charge is 0.322 e. The summed E-state index contributed by atoms with van der Waals surface area (Å²) < 4.78 is 10.4. The summed E-state index contributed by atoms with van der Waals surface area (Å²) >= 11 is 0. The third kappa shape index (κ3) is 3.06. The molecule has 0 aromatic heterocycles. The zero-order valence-electron chi connectivity index (χ0n) is 11.0. The van der Waals surface area contributed by atoms with Gasteiger partial charge in [0, 0.05) is 6.42 Å². The Morgan fingerprint density at radius 2 is 2.24 bits per heavy atom. The molecule has 0 saturated carbocycles. The molecule has 17 heavy (non-hydrogen) atoms. The second-order valence-corrected chi connectivity index (χ2v) is 4.75. The third-order valence-corrected chi connectivity index (χ3v) is 3.42. The summed E-state index contributed by atoms with van der Waals surface area (Å²) in [4.78, 5) is 24.2. The molecule has 1 saturated heterocycles. The van der Waals surface area contributed by atoms with Gasteiger partial charge in [0.1, 0.15) is 5.41 Å². The molecule has 0 aliphatic carbocycles. The van der Waals surface area contributed by atoms with Gasteiger partial charge in [0.05, 0.1) is 19.8 Å². The Morgan fingerprint density at radius 3 is 2.76 bits per heavy atom. The number of carbonyl (C=O) groups is 2. The van der Waals surface area contributed by atoms with E-state index in [1.807, 2.05) is 6.92 Å². The first-order valence-corrected chi connectivity index (χ1v) is 6.35. The molecule has 0 bridgehead atoms. The Balaban J connectivity index is 2.89. The van der Waals surface area contributed by atoms with Gasteiger partial charge in [0.15, 0.2) is 5.78 Å². The van der Waals surface area contributed by atoms with Crippen LogP contribution in [-0.2, 0) is 19.1 Å². The summed E-state index contributed by atoms with van der Waals surface area (Å²) in [6, 6.07) is 0. The van der Waals surface area contributed by atoms with Crippen molar-refractivity contribution in [3.05, 3.63) is 0 Å². The molecule has 2 atom stereocenters. The molecule has 1 aliphatic heterocycles. The number of rotatable bonds is 5. The molecule has 1 heterocycles. The predicted molar refractivity (Wildman–Crippen MR) is 63.6 cm³/mol. The lowest BCUT2D eigenvalue weighted by Crippen LogP contribution is -2.49. The summed E-state index contributed by atoms with van der Waals surface area (Å²) in [5, 5.41) is 0. The monoisotopic (exact) mass is 242 g/mol. The lowest BCUT2D eigenvalue weighted by molar-refractivity contribution is -0.170. The summed E-state index contributed by atoms with van der Waals surface area (Å²) in [5.41, 5.74) is -1.05. The minimum atomic E-state index is -1.05. The van der Waals surface area contributed by atoms with E-state index in [-0.39, 0.29) is 12.4 Å². The lowest BCUT2D eigenvalue weighted by atomic mass is 9.74. The minimum absolute atomic E-state index is 0.0255. The fourth-order valence-corrected chi connectivity index (χ4v) is 2.17. The molecule has 0 aromatic carbocycles. The second-order valence-electron chi connectivity index (χ2n) is 4.75. The Morgan fingerprint density at radius 1 is 1.53 bits per heavy atom. The lowest BCUT2D eigenvalue weighted by Gasteiger charge is -2.34. The van der Waals surface area contributed by atoms with Gasteiger partial charge in [-0.05, 0) is 19.3 Å². The third-order valence-electron chi connectivity index (χ3n) is 3.42. The second kappa shape index (κ2) is 6.15. The van der Waals surface area contributed by atoms with Crippen LogP contribution in [0.25, 0.3) is 0 Å². The van der Waals surface area contributed by atoms with Crippen LogP contribution in [0, 0.1) is 11.3 Å². The van der Waals surface area contributed by atoms with Crippen LogP contribution in [0.2, 0.25) is 0 Å². The molecule has 0 amide bonds. The van der Waals surface area contributed by atoms with Crippen LogP contribution in [0.3, 0.4) is 0 Å². The SMILES string of the molecule is CCOC(=O)C1(CC(C)CC)COCCC1=O. The molecule has 0 aromatic rings. The average Bonchev–Trinajstić information content (AvgIpc) is 2.32. The van der Waals surface area contributed by atoms with Crippen molar-refractivity contribution in [2.75, 3.05) is 19.8 Å². The maximum absolute atomic E-state index is 12.1. The Bertz CT molecular complexity index is 287. The molecule has 0 spiro atoms. The van der Waals surface area contributed by atoms with Gasteiger partial charge in [0.2, 0.25) is 0 Å². The van der Waals surface area contributed by atoms with Crippen molar-refractivity contribution in [1.29, 1.82) is 0 Å². The van der Waals surface area contributed by atoms with Crippen molar-refractivity contribution in [3.63, 3.8) is 0 Å². The van der Waals surface area contributed by atoms with Crippen molar-refractivity contribution in [2.45, 2.75) is 40.0 Å². The van der Waals surface area contributed by atoms with E-state index in [4.69, 9.17) is 9.47 Å². The van der Waals surface area contributed by atoms with Gasteiger partial charge in [0.25, 0.3) is 0 Å². The fourth-order valence-electron chi connectivity index (χ4n) is 2.17. The fraction of sp³-hybridized carbons (Fsp3) is 0.846. The van der Waals surface area contributed by atoms with E-state index in [0.717, 1.165) is 6.42 Å². The number of ether oxygens (including phenoxy) is 2.